The number of carboxylic acid groups (broad SMARTS) is 1. The monoisotopic (exact) mass is 293 g/mol. The summed E-state index contributed by atoms with van der Waals surface area (Å²) in [7, 11) is 1.32. The number of carbonyl (C=O) groups is 2. The SMILES string of the molecule is COC(C)C(C(=O)O)C(=O)C=Cc1cccc([N+](=O)[O-])c1. The van der Waals surface area contributed by atoms with Crippen LogP contribution in [0.25, 0.3) is 6.08 Å². The maximum Gasteiger partial charge on any atom is 0.317 e. The highest BCUT2D eigenvalue weighted by Gasteiger charge is 2.30. The average molecular weight is 293 g/mol. The Bertz CT molecular complexity index is 581. The number of hydrogen-bond donors (Lipinski definition) is 1. The van der Waals surface area contributed by atoms with Crippen molar-refractivity contribution in [1.82, 2.24) is 0 Å². The van der Waals surface area contributed by atoms with Crippen molar-refractivity contribution in [2.75, 3.05) is 7.11 Å². The Kier molecular flexibility index (Phi) is 5.74. The lowest BCUT2D eigenvalue weighted by Gasteiger charge is -2.15. The Morgan fingerprint density at radius 1 is 1.43 bits per heavy atom. The van der Waals surface area contributed by atoms with Gasteiger partial charge in [0.2, 0.25) is 0 Å². The van der Waals surface area contributed by atoms with Crippen LogP contribution in [0.4, 0.5) is 5.69 Å². The van der Waals surface area contributed by atoms with Gasteiger partial charge in [0.25, 0.3) is 5.69 Å². The number of carbonyl (C=O) groups excluding carboxylic acids is 1. The lowest BCUT2D eigenvalue weighted by molar-refractivity contribution is -0.384. The van der Waals surface area contributed by atoms with E-state index in [4.69, 9.17) is 9.84 Å². The fourth-order valence-corrected chi connectivity index (χ4v) is 1.71. The number of methoxy groups -OCH3 is 1. The van der Waals surface area contributed by atoms with Crippen LogP contribution in [0.3, 0.4) is 0 Å². The first kappa shape index (κ1) is 16.5. The number of rotatable bonds is 7. The molecule has 0 aliphatic heterocycles. The molecule has 1 aromatic rings. The summed E-state index contributed by atoms with van der Waals surface area (Å²) in [5.41, 5.74) is 0.330. The van der Waals surface area contributed by atoms with Gasteiger partial charge in [-0.3, -0.25) is 19.7 Å². The van der Waals surface area contributed by atoms with Gasteiger partial charge in [0.1, 0.15) is 5.92 Å². The number of non-ortho nitro benzene ring substituents is 1. The second-order valence-corrected chi connectivity index (χ2v) is 4.34. The number of aliphatic carboxylic acids is 1. The van der Waals surface area contributed by atoms with Gasteiger partial charge >= 0.3 is 5.97 Å². The zero-order valence-corrected chi connectivity index (χ0v) is 11.6. The lowest BCUT2D eigenvalue weighted by atomic mass is 9.97. The maximum absolute atomic E-state index is 11.9. The van der Waals surface area contributed by atoms with Crippen LogP contribution in [-0.2, 0) is 14.3 Å². The topological polar surface area (TPSA) is 107 Å². The van der Waals surface area contributed by atoms with Crippen molar-refractivity contribution in [1.29, 1.82) is 0 Å². The summed E-state index contributed by atoms with van der Waals surface area (Å²) < 4.78 is 4.87. The van der Waals surface area contributed by atoms with Crippen LogP contribution in [-0.4, -0.2) is 35.0 Å². The Labute approximate surface area is 121 Å². The van der Waals surface area contributed by atoms with Gasteiger partial charge in [-0.2, -0.15) is 0 Å². The molecular formula is C14H15NO6. The minimum Gasteiger partial charge on any atom is -0.481 e. The molecule has 0 radical (unpaired) electrons. The Balaban J connectivity index is 2.93. The largest absolute Gasteiger partial charge is 0.481 e. The van der Waals surface area contributed by atoms with Crippen LogP contribution in [0.5, 0.6) is 0 Å². The molecule has 7 heteroatoms. The molecular weight excluding hydrogens is 278 g/mol. The minimum atomic E-state index is -1.31. The van der Waals surface area contributed by atoms with Crippen molar-refractivity contribution in [3.8, 4) is 0 Å². The van der Waals surface area contributed by atoms with Crippen molar-refractivity contribution in [2.24, 2.45) is 5.92 Å². The van der Waals surface area contributed by atoms with E-state index in [1.807, 2.05) is 0 Å². The number of nitro benzene ring substituents is 1. The van der Waals surface area contributed by atoms with E-state index in [0.29, 0.717) is 5.56 Å². The molecule has 1 N–H and O–H groups in total. The van der Waals surface area contributed by atoms with E-state index >= 15 is 0 Å². The molecule has 2 unspecified atom stereocenters. The van der Waals surface area contributed by atoms with Gasteiger partial charge in [-0.1, -0.05) is 18.2 Å². The summed E-state index contributed by atoms with van der Waals surface area (Å²) in [6.07, 6.45) is 1.66. The van der Waals surface area contributed by atoms with Gasteiger partial charge in [-0.25, -0.2) is 0 Å². The van der Waals surface area contributed by atoms with Crippen molar-refractivity contribution in [3.63, 3.8) is 0 Å². The third kappa shape index (κ3) is 4.50. The van der Waals surface area contributed by atoms with E-state index < -0.39 is 28.7 Å². The Morgan fingerprint density at radius 3 is 2.62 bits per heavy atom. The Morgan fingerprint density at radius 2 is 2.10 bits per heavy atom. The van der Waals surface area contributed by atoms with E-state index in [1.54, 1.807) is 6.07 Å². The third-order valence-electron chi connectivity index (χ3n) is 2.93. The maximum atomic E-state index is 11.9. The van der Waals surface area contributed by atoms with E-state index in [9.17, 15) is 19.7 Å². The van der Waals surface area contributed by atoms with Gasteiger partial charge in [0.15, 0.2) is 5.78 Å². The number of nitro groups is 1. The van der Waals surface area contributed by atoms with Crippen LogP contribution in [0.1, 0.15) is 12.5 Å². The second-order valence-electron chi connectivity index (χ2n) is 4.34. The first-order valence-corrected chi connectivity index (χ1v) is 6.08. The molecule has 0 saturated heterocycles. The van der Waals surface area contributed by atoms with E-state index in [-0.39, 0.29) is 5.69 Å². The number of carboxylic acids is 1. The highest BCUT2D eigenvalue weighted by atomic mass is 16.6. The van der Waals surface area contributed by atoms with Crippen molar-refractivity contribution in [2.45, 2.75) is 13.0 Å². The second kappa shape index (κ2) is 7.30. The molecule has 7 nitrogen and oxygen atoms in total. The van der Waals surface area contributed by atoms with Gasteiger partial charge in [0.05, 0.1) is 11.0 Å². The number of ether oxygens (including phenoxy) is 1. The minimum absolute atomic E-state index is 0.107. The molecule has 0 amide bonds. The number of hydrogen-bond acceptors (Lipinski definition) is 5. The van der Waals surface area contributed by atoms with Crippen molar-refractivity contribution >= 4 is 23.5 Å². The molecule has 112 valence electrons. The highest BCUT2D eigenvalue weighted by Crippen LogP contribution is 2.15. The van der Waals surface area contributed by atoms with Gasteiger partial charge < -0.3 is 9.84 Å². The molecule has 0 spiro atoms. The molecule has 2 atom stereocenters. The lowest BCUT2D eigenvalue weighted by Crippen LogP contribution is -2.33. The van der Waals surface area contributed by atoms with E-state index in [0.717, 1.165) is 6.08 Å². The van der Waals surface area contributed by atoms with Crippen LogP contribution in [0.2, 0.25) is 0 Å². The Hall–Kier alpha value is -2.54. The molecule has 0 heterocycles. The van der Waals surface area contributed by atoms with Crippen LogP contribution >= 0.6 is 0 Å². The summed E-state index contributed by atoms with van der Waals surface area (Å²) in [5.74, 6) is -3.23. The molecule has 0 aliphatic rings. The molecule has 1 rings (SSSR count). The number of ketones is 1. The van der Waals surface area contributed by atoms with Crippen LogP contribution in [0.15, 0.2) is 30.3 Å². The molecule has 0 fully saturated rings. The first-order chi connectivity index (χ1) is 9.86. The standard InChI is InChI=1S/C14H15NO6/c1-9(21-2)13(14(17)18)12(16)7-6-10-4-3-5-11(8-10)15(19)20/h3-9,13H,1-2H3,(H,17,18). The number of nitrogens with zero attached hydrogens (tertiary/aromatic N) is 1. The predicted octanol–water partition coefficient (Wildman–Crippen LogP) is 1.91. The first-order valence-electron chi connectivity index (χ1n) is 6.08. The molecule has 0 bridgehead atoms. The fourth-order valence-electron chi connectivity index (χ4n) is 1.71. The summed E-state index contributed by atoms with van der Waals surface area (Å²) in [6.45, 7) is 1.48. The third-order valence-corrected chi connectivity index (χ3v) is 2.93. The normalized spacial score (nSPS) is 13.8. The molecule has 21 heavy (non-hydrogen) atoms. The van der Waals surface area contributed by atoms with Gasteiger partial charge in [-0.05, 0) is 18.6 Å². The van der Waals surface area contributed by atoms with E-state index in [1.165, 1.54) is 38.3 Å². The molecule has 0 aromatic heterocycles. The number of benzene rings is 1. The molecule has 0 aliphatic carbocycles. The van der Waals surface area contributed by atoms with Gasteiger partial charge in [0, 0.05) is 19.2 Å². The number of allylic oxidation sites excluding steroid dienone is 1. The summed E-state index contributed by atoms with van der Waals surface area (Å²) in [6, 6.07) is 5.67. The van der Waals surface area contributed by atoms with Crippen LogP contribution < -0.4 is 0 Å². The van der Waals surface area contributed by atoms with Gasteiger partial charge in [-0.15, -0.1) is 0 Å². The zero-order chi connectivity index (χ0) is 16.0. The predicted molar refractivity (Wildman–Crippen MR) is 74.7 cm³/mol. The summed E-state index contributed by atoms with van der Waals surface area (Å²) in [4.78, 5) is 33.1. The summed E-state index contributed by atoms with van der Waals surface area (Å²) >= 11 is 0. The van der Waals surface area contributed by atoms with Crippen molar-refractivity contribution < 1.29 is 24.4 Å². The quantitative estimate of drug-likeness (QED) is 0.356. The highest BCUT2D eigenvalue weighted by molar-refractivity contribution is 6.06. The zero-order valence-electron chi connectivity index (χ0n) is 11.6. The average Bonchev–Trinajstić information content (AvgIpc) is 2.44. The smallest absolute Gasteiger partial charge is 0.317 e. The van der Waals surface area contributed by atoms with Crippen molar-refractivity contribution in [3.05, 3.63) is 46.0 Å². The van der Waals surface area contributed by atoms with Crippen LogP contribution in [0, 0.1) is 16.0 Å². The fraction of sp³-hybridized carbons (Fsp3) is 0.286. The van der Waals surface area contributed by atoms with E-state index in [2.05, 4.69) is 0 Å². The molecule has 0 saturated carbocycles. The summed E-state index contributed by atoms with van der Waals surface area (Å²) in [5, 5.41) is 19.7. The molecule has 1 aromatic carbocycles.